The van der Waals surface area contributed by atoms with E-state index in [-0.39, 0.29) is 0 Å². The normalized spacial score (nSPS) is 13.1. The van der Waals surface area contributed by atoms with E-state index < -0.39 is 5.97 Å². The average Bonchev–Trinajstić information content (AvgIpc) is 3.20. The monoisotopic (exact) mass is 412 g/mol. The number of ether oxygens (including phenoxy) is 1. The molecule has 4 aromatic rings. The number of carbonyl (C=O) groups excluding carboxylic acids is 2. The molecule has 7 heteroatoms. The highest BCUT2D eigenvalue weighted by molar-refractivity contribution is 5.90. The summed E-state index contributed by atoms with van der Waals surface area (Å²) in [6.07, 6.45) is 4.71. The Balaban J connectivity index is 1.48. The molecule has 5 rings (SSSR count). The zero-order valence-corrected chi connectivity index (χ0v) is 17.0. The summed E-state index contributed by atoms with van der Waals surface area (Å²) >= 11 is 0. The fourth-order valence-corrected chi connectivity index (χ4v) is 4.06. The van der Waals surface area contributed by atoms with Gasteiger partial charge in [0.2, 0.25) is 5.95 Å². The first-order chi connectivity index (χ1) is 15.2. The quantitative estimate of drug-likeness (QED) is 0.405. The summed E-state index contributed by atoms with van der Waals surface area (Å²) in [5.74, 6) is 0.137. The number of aromatic nitrogens is 3. The Labute approximate surface area is 178 Å². The maximum Gasteiger partial charge on any atom is 0.341 e. The molecule has 154 valence electrons. The number of nitrogens with one attached hydrogen (secondary N) is 1. The molecule has 0 amide bonds. The molecule has 0 saturated carbocycles. The number of hydrogen-bond donors (Lipinski definition) is 1. The van der Waals surface area contributed by atoms with E-state index in [0.717, 1.165) is 41.3 Å². The summed E-state index contributed by atoms with van der Waals surface area (Å²) < 4.78 is 4.71. The lowest BCUT2D eigenvalue weighted by molar-refractivity contribution is 0.0599. The van der Waals surface area contributed by atoms with E-state index in [0.29, 0.717) is 23.6 Å². The second-order valence-corrected chi connectivity index (χ2v) is 7.52. The Morgan fingerprint density at radius 1 is 1.13 bits per heavy atom. The van der Waals surface area contributed by atoms with Gasteiger partial charge in [-0.25, -0.2) is 14.8 Å². The van der Waals surface area contributed by atoms with Crippen molar-refractivity contribution in [3.63, 3.8) is 0 Å². The third-order valence-electron chi connectivity index (χ3n) is 5.67. The fraction of sp³-hybridized carbons (Fsp3) is 0.167. The lowest BCUT2D eigenvalue weighted by Crippen LogP contribution is -2.31. The first-order valence-corrected chi connectivity index (χ1v) is 10.0. The molecule has 0 atom stereocenters. The molecule has 2 aromatic heterocycles. The second kappa shape index (κ2) is 7.68. The molecule has 1 N–H and O–H groups in total. The number of hydrogen-bond acceptors (Lipinski definition) is 6. The molecular formula is C24H20N4O3. The van der Waals surface area contributed by atoms with E-state index in [4.69, 9.17) is 4.74 Å². The zero-order valence-electron chi connectivity index (χ0n) is 17.0. The summed E-state index contributed by atoms with van der Waals surface area (Å²) in [5, 5.41) is 1.15. The van der Waals surface area contributed by atoms with E-state index in [1.54, 1.807) is 6.07 Å². The van der Waals surface area contributed by atoms with Crippen molar-refractivity contribution >= 4 is 29.1 Å². The van der Waals surface area contributed by atoms with Crippen LogP contribution in [0.15, 0.2) is 54.9 Å². The van der Waals surface area contributed by atoms with Crippen molar-refractivity contribution in [3.8, 4) is 11.1 Å². The standard InChI is InChI=1S/C24H20N4O3/c1-31-23(30)18-11-25-24(26-12-18)28-8-7-22-20(13-28)19-10-17(5-6-21(19)27-22)16-4-2-3-15(9-16)14-29/h2-6,9-12,14,27H,7-8,13H2,1H3. The minimum absolute atomic E-state index is 0.332. The van der Waals surface area contributed by atoms with Gasteiger partial charge in [-0.15, -0.1) is 0 Å². The van der Waals surface area contributed by atoms with Crippen molar-refractivity contribution in [2.45, 2.75) is 13.0 Å². The van der Waals surface area contributed by atoms with Crippen LogP contribution in [0.4, 0.5) is 5.95 Å². The molecule has 0 spiro atoms. The van der Waals surface area contributed by atoms with Crippen molar-refractivity contribution in [2.24, 2.45) is 0 Å². The molecule has 0 saturated heterocycles. The molecule has 2 aromatic carbocycles. The minimum Gasteiger partial charge on any atom is -0.465 e. The van der Waals surface area contributed by atoms with Gasteiger partial charge in [-0.2, -0.15) is 0 Å². The highest BCUT2D eigenvalue weighted by atomic mass is 16.5. The minimum atomic E-state index is -0.449. The molecule has 1 aliphatic rings. The molecule has 0 unspecified atom stereocenters. The van der Waals surface area contributed by atoms with Crippen LogP contribution in [0.25, 0.3) is 22.0 Å². The van der Waals surface area contributed by atoms with Crippen molar-refractivity contribution < 1.29 is 14.3 Å². The van der Waals surface area contributed by atoms with Crippen molar-refractivity contribution in [3.05, 3.63) is 77.2 Å². The smallest absolute Gasteiger partial charge is 0.341 e. The number of benzene rings is 2. The molecule has 7 nitrogen and oxygen atoms in total. The summed E-state index contributed by atoms with van der Waals surface area (Å²) in [6.45, 7) is 1.45. The molecular weight excluding hydrogens is 392 g/mol. The third-order valence-corrected chi connectivity index (χ3v) is 5.67. The van der Waals surface area contributed by atoms with E-state index in [1.807, 2.05) is 18.2 Å². The van der Waals surface area contributed by atoms with Gasteiger partial charge >= 0.3 is 5.97 Å². The number of esters is 1. The van der Waals surface area contributed by atoms with E-state index in [9.17, 15) is 9.59 Å². The van der Waals surface area contributed by atoms with Crippen LogP contribution >= 0.6 is 0 Å². The molecule has 0 aliphatic carbocycles. The highest BCUT2D eigenvalue weighted by Gasteiger charge is 2.23. The SMILES string of the molecule is COC(=O)c1cnc(N2CCc3[nH]c4ccc(-c5cccc(C=O)c5)cc4c3C2)nc1. The predicted molar refractivity (Wildman–Crippen MR) is 117 cm³/mol. The van der Waals surface area contributed by atoms with Crippen LogP contribution in [0.5, 0.6) is 0 Å². The maximum atomic E-state index is 11.6. The Morgan fingerprint density at radius 3 is 2.71 bits per heavy atom. The van der Waals surface area contributed by atoms with Gasteiger partial charge in [-0.1, -0.05) is 24.3 Å². The van der Waals surface area contributed by atoms with Crippen LogP contribution in [0, 0.1) is 0 Å². The number of H-pyrrole nitrogens is 1. The van der Waals surface area contributed by atoms with Crippen molar-refractivity contribution in [2.75, 3.05) is 18.6 Å². The lowest BCUT2D eigenvalue weighted by atomic mass is 9.99. The van der Waals surface area contributed by atoms with Gasteiger partial charge in [0.05, 0.1) is 12.7 Å². The molecule has 3 heterocycles. The summed E-state index contributed by atoms with van der Waals surface area (Å²) in [7, 11) is 1.34. The predicted octanol–water partition coefficient (Wildman–Crippen LogP) is 3.79. The molecule has 0 bridgehead atoms. The summed E-state index contributed by atoms with van der Waals surface area (Å²) in [5.41, 5.74) is 6.59. The summed E-state index contributed by atoms with van der Waals surface area (Å²) in [4.78, 5) is 37.1. The largest absolute Gasteiger partial charge is 0.465 e. The Kier molecular flexibility index (Phi) is 4.71. The van der Waals surface area contributed by atoms with Gasteiger partial charge in [0.15, 0.2) is 0 Å². The van der Waals surface area contributed by atoms with Crippen molar-refractivity contribution in [1.82, 2.24) is 15.0 Å². The van der Waals surface area contributed by atoms with Crippen LogP contribution in [0.3, 0.4) is 0 Å². The molecule has 0 fully saturated rings. The topological polar surface area (TPSA) is 88.2 Å². The van der Waals surface area contributed by atoms with Crippen LogP contribution < -0.4 is 4.90 Å². The number of rotatable bonds is 4. The van der Waals surface area contributed by atoms with Gasteiger partial charge in [0.1, 0.15) is 6.29 Å². The average molecular weight is 412 g/mol. The fourth-order valence-electron chi connectivity index (χ4n) is 4.06. The van der Waals surface area contributed by atoms with E-state index in [2.05, 4.69) is 38.1 Å². The van der Waals surface area contributed by atoms with Crippen LogP contribution in [-0.2, 0) is 17.7 Å². The van der Waals surface area contributed by atoms with Crippen LogP contribution in [-0.4, -0.2) is 40.9 Å². The first kappa shape index (κ1) is 19.0. The number of methoxy groups -OCH3 is 1. The lowest BCUT2D eigenvalue weighted by Gasteiger charge is -2.27. The van der Waals surface area contributed by atoms with Gasteiger partial charge in [0.25, 0.3) is 0 Å². The van der Waals surface area contributed by atoms with Gasteiger partial charge in [0, 0.05) is 59.6 Å². The molecule has 31 heavy (non-hydrogen) atoms. The first-order valence-electron chi connectivity index (χ1n) is 10.0. The number of aldehydes is 1. The Morgan fingerprint density at radius 2 is 1.94 bits per heavy atom. The van der Waals surface area contributed by atoms with Crippen molar-refractivity contribution in [1.29, 1.82) is 0 Å². The summed E-state index contributed by atoms with van der Waals surface area (Å²) in [6, 6.07) is 13.9. The van der Waals surface area contributed by atoms with Gasteiger partial charge < -0.3 is 14.6 Å². The van der Waals surface area contributed by atoms with E-state index in [1.165, 1.54) is 30.8 Å². The van der Waals surface area contributed by atoms with E-state index >= 15 is 0 Å². The van der Waals surface area contributed by atoms with Gasteiger partial charge in [-0.3, -0.25) is 4.79 Å². The number of nitrogens with zero attached hydrogens (tertiary/aromatic N) is 3. The molecule has 1 aliphatic heterocycles. The Bertz CT molecular complexity index is 1290. The number of fused-ring (bicyclic) bond motifs is 3. The second-order valence-electron chi connectivity index (χ2n) is 7.52. The Hall–Kier alpha value is -4.00. The third kappa shape index (κ3) is 3.44. The van der Waals surface area contributed by atoms with Crippen LogP contribution in [0.1, 0.15) is 32.0 Å². The molecule has 0 radical (unpaired) electrons. The van der Waals surface area contributed by atoms with Crippen LogP contribution in [0.2, 0.25) is 0 Å². The zero-order chi connectivity index (χ0) is 21.4. The maximum absolute atomic E-state index is 11.6. The number of anilines is 1. The highest BCUT2D eigenvalue weighted by Crippen LogP contribution is 2.32. The number of aromatic amines is 1. The van der Waals surface area contributed by atoms with Gasteiger partial charge in [-0.05, 0) is 29.3 Å². The number of carbonyl (C=O) groups is 2.